The van der Waals surface area contributed by atoms with Crippen molar-refractivity contribution in [3.8, 4) is 0 Å². The highest BCUT2D eigenvalue weighted by atomic mass is 19.1. The van der Waals surface area contributed by atoms with Gasteiger partial charge in [-0.05, 0) is 43.2 Å². The van der Waals surface area contributed by atoms with Crippen molar-refractivity contribution in [2.75, 3.05) is 5.32 Å². The zero-order valence-corrected chi connectivity index (χ0v) is 11.4. The molecular weight excluding hydrogens is 253 g/mol. The molecule has 0 aromatic heterocycles. The first kappa shape index (κ1) is 14.1. The van der Waals surface area contributed by atoms with E-state index in [2.05, 4.69) is 10.3 Å². The molecule has 2 aromatic carbocycles. The molecule has 0 amide bonds. The van der Waals surface area contributed by atoms with Gasteiger partial charge in [0.05, 0.1) is 6.04 Å². The molecule has 0 aliphatic heterocycles. The minimum Gasteiger partial charge on any atom is -0.370 e. The number of guanidine groups is 1. The van der Waals surface area contributed by atoms with Crippen molar-refractivity contribution in [3.05, 3.63) is 66.0 Å². The number of anilines is 1. The molecule has 0 spiro atoms. The number of hydrogen-bond acceptors (Lipinski definition) is 1. The molecule has 3 N–H and O–H groups in total. The van der Waals surface area contributed by atoms with Crippen LogP contribution in [0.5, 0.6) is 0 Å². The van der Waals surface area contributed by atoms with E-state index in [4.69, 9.17) is 5.73 Å². The van der Waals surface area contributed by atoms with Crippen molar-refractivity contribution in [3.63, 3.8) is 0 Å². The van der Waals surface area contributed by atoms with Crippen LogP contribution >= 0.6 is 0 Å². The van der Waals surface area contributed by atoms with Crippen molar-refractivity contribution >= 4 is 11.6 Å². The smallest absolute Gasteiger partial charge is 0.193 e. The predicted molar refractivity (Wildman–Crippen MR) is 81.3 cm³/mol. The van der Waals surface area contributed by atoms with Gasteiger partial charge in [0.15, 0.2) is 5.96 Å². The fourth-order valence-electron chi connectivity index (χ4n) is 1.95. The Hall–Kier alpha value is -2.36. The highest BCUT2D eigenvalue weighted by Gasteiger charge is 2.03. The van der Waals surface area contributed by atoms with Crippen molar-refractivity contribution in [1.29, 1.82) is 0 Å². The molecule has 0 radical (unpaired) electrons. The Morgan fingerprint density at radius 3 is 2.45 bits per heavy atom. The van der Waals surface area contributed by atoms with Crippen LogP contribution in [0.1, 0.15) is 12.5 Å². The van der Waals surface area contributed by atoms with E-state index in [0.29, 0.717) is 5.96 Å². The maximum atomic E-state index is 12.8. The van der Waals surface area contributed by atoms with Crippen LogP contribution in [0.4, 0.5) is 10.1 Å². The van der Waals surface area contributed by atoms with Crippen molar-refractivity contribution in [1.82, 2.24) is 0 Å². The number of aliphatic imine (C=N–C) groups is 1. The van der Waals surface area contributed by atoms with E-state index in [1.165, 1.54) is 12.1 Å². The van der Waals surface area contributed by atoms with Gasteiger partial charge in [-0.25, -0.2) is 9.38 Å². The van der Waals surface area contributed by atoms with Gasteiger partial charge in [0.1, 0.15) is 5.82 Å². The van der Waals surface area contributed by atoms with E-state index >= 15 is 0 Å². The Bertz CT molecular complexity index is 564. The summed E-state index contributed by atoms with van der Waals surface area (Å²) >= 11 is 0. The summed E-state index contributed by atoms with van der Waals surface area (Å²) in [6, 6.07) is 16.1. The quantitative estimate of drug-likeness (QED) is 0.663. The molecule has 4 heteroatoms. The molecule has 20 heavy (non-hydrogen) atoms. The van der Waals surface area contributed by atoms with Gasteiger partial charge >= 0.3 is 0 Å². The van der Waals surface area contributed by atoms with Crippen LogP contribution in [-0.4, -0.2) is 12.0 Å². The third-order valence-electron chi connectivity index (χ3n) is 2.85. The molecule has 1 unspecified atom stereocenters. The summed E-state index contributed by atoms with van der Waals surface area (Å²) in [4.78, 5) is 4.38. The van der Waals surface area contributed by atoms with Crippen LogP contribution < -0.4 is 11.1 Å². The Labute approximate surface area is 118 Å². The van der Waals surface area contributed by atoms with Gasteiger partial charge in [0.2, 0.25) is 0 Å². The average molecular weight is 271 g/mol. The monoisotopic (exact) mass is 271 g/mol. The number of nitrogens with two attached hydrogens (primary N) is 1. The van der Waals surface area contributed by atoms with Crippen LogP contribution in [-0.2, 0) is 6.42 Å². The van der Waals surface area contributed by atoms with Crippen LogP contribution in [0.15, 0.2) is 59.6 Å². The van der Waals surface area contributed by atoms with Gasteiger partial charge in [0.25, 0.3) is 0 Å². The molecule has 0 saturated carbocycles. The van der Waals surface area contributed by atoms with E-state index in [1.54, 1.807) is 12.1 Å². The largest absolute Gasteiger partial charge is 0.370 e. The predicted octanol–water partition coefficient (Wildman–Crippen LogP) is 3.18. The zero-order chi connectivity index (χ0) is 14.4. The van der Waals surface area contributed by atoms with Crippen LogP contribution in [0.3, 0.4) is 0 Å². The maximum Gasteiger partial charge on any atom is 0.193 e. The zero-order valence-electron chi connectivity index (χ0n) is 11.4. The summed E-state index contributed by atoms with van der Waals surface area (Å²) in [7, 11) is 0. The number of rotatable bonds is 4. The minimum atomic E-state index is -0.227. The number of nitrogens with zero attached hydrogens (tertiary/aromatic N) is 1. The van der Waals surface area contributed by atoms with Gasteiger partial charge in [-0.2, -0.15) is 0 Å². The third kappa shape index (κ3) is 4.39. The highest BCUT2D eigenvalue weighted by molar-refractivity contribution is 5.92. The SMILES string of the molecule is CC(Cc1ccc(F)cc1)N=C(N)Nc1ccccc1. The van der Waals surface area contributed by atoms with Gasteiger partial charge < -0.3 is 11.1 Å². The Morgan fingerprint density at radius 2 is 1.80 bits per heavy atom. The second-order valence-electron chi connectivity index (χ2n) is 4.68. The average Bonchev–Trinajstić information content (AvgIpc) is 2.42. The first-order chi connectivity index (χ1) is 9.63. The lowest BCUT2D eigenvalue weighted by atomic mass is 10.1. The number of nitrogens with one attached hydrogen (secondary N) is 1. The lowest BCUT2D eigenvalue weighted by Crippen LogP contribution is -2.25. The molecular formula is C16H18FN3. The summed E-state index contributed by atoms with van der Waals surface area (Å²) in [5.41, 5.74) is 7.81. The van der Waals surface area contributed by atoms with E-state index in [0.717, 1.165) is 17.7 Å². The second kappa shape index (κ2) is 6.70. The number of halogens is 1. The number of hydrogen-bond donors (Lipinski definition) is 2. The topological polar surface area (TPSA) is 50.4 Å². The van der Waals surface area contributed by atoms with Gasteiger partial charge in [0, 0.05) is 5.69 Å². The van der Waals surface area contributed by atoms with Crippen LogP contribution in [0.2, 0.25) is 0 Å². The van der Waals surface area contributed by atoms with Crippen molar-refractivity contribution in [2.24, 2.45) is 10.7 Å². The normalized spacial score (nSPS) is 13.0. The first-order valence-corrected chi connectivity index (χ1v) is 6.53. The third-order valence-corrected chi connectivity index (χ3v) is 2.85. The first-order valence-electron chi connectivity index (χ1n) is 6.53. The summed E-state index contributed by atoms with van der Waals surface area (Å²) < 4.78 is 12.8. The number of para-hydroxylation sites is 1. The summed E-state index contributed by atoms with van der Waals surface area (Å²) in [5, 5.41) is 3.04. The molecule has 104 valence electrons. The van der Waals surface area contributed by atoms with Crippen LogP contribution in [0.25, 0.3) is 0 Å². The molecule has 0 aliphatic rings. The Morgan fingerprint density at radius 1 is 1.15 bits per heavy atom. The van der Waals surface area contributed by atoms with Crippen molar-refractivity contribution in [2.45, 2.75) is 19.4 Å². The lowest BCUT2D eigenvalue weighted by molar-refractivity contribution is 0.626. The van der Waals surface area contributed by atoms with Crippen molar-refractivity contribution < 1.29 is 4.39 Å². The van der Waals surface area contributed by atoms with Gasteiger partial charge in [-0.15, -0.1) is 0 Å². The lowest BCUT2D eigenvalue weighted by Gasteiger charge is -2.10. The van der Waals surface area contributed by atoms with E-state index in [9.17, 15) is 4.39 Å². The Balaban J connectivity index is 1.93. The van der Waals surface area contributed by atoms with Crippen LogP contribution in [0, 0.1) is 5.82 Å². The molecule has 1 atom stereocenters. The highest BCUT2D eigenvalue weighted by Crippen LogP contribution is 2.08. The van der Waals surface area contributed by atoms with Gasteiger partial charge in [-0.1, -0.05) is 30.3 Å². The summed E-state index contributed by atoms with van der Waals surface area (Å²) in [6.45, 7) is 1.98. The molecule has 0 aliphatic carbocycles. The summed E-state index contributed by atoms with van der Waals surface area (Å²) in [6.07, 6.45) is 0.720. The maximum absolute atomic E-state index is 12.8. The van der Waals surface area contributed by atoms with E-state index < -0.39 is 0 Å². The minimum absolute atomic E-state index is 0.0247. The standard InChI is InChI=1S/C16H18FN3/c1-12(11-13-7-9-14(17)10-8-13)19-16(18)20-15-5-3-2-4-6-15/h2-10,12H,11H2,1H3,(H3,18,19,20). The fraction of sp³-hybridized carbons (Fsp3) is 0.188. The molecule has 2 aromatic rings. The fourth-order valence-corrected chi connectivity index (χ4v) is 1.95. The molecule has 0 saturated heterocycles. The van der Waals surface area contributed by atoms with Gasteiger partial charge in [-0.3, -0.25) is 0 Å². The Kier molecular flexibility index (Phi) is 4.71. The van der Waals surface area contributed by atoms with E-state index in [-0.39, 0.29) is 11.9 Å². The molecule has 3 nitrogen and oxygen atoms in total. The molecule has 0 heterocycles. The molecule has 0 fully saturated rings. The summed E-state index contributed by atoms with van der Waals surface area (Å²) in [5.74, 6) is 0.154. The second-order valence-corrected chi connectivity index (χ2v) is 4.68. The molecule has 2 rings (SSSR count). The molecule has 0 bridgehead atoms. The number of benzene rings is 2. The van der Waals surface area contributed by atoms with E-state index in [1.807, 2.05) is 37.3 Å².